The number of allylic oxidation sites excluding steroid dienone is 1. The van der Waals surface area contributed by atoms with Crippen LogP contribution >= 0.6 is 12.2 Å². The molecule has 0 saturated carbocycles. The van der Waals surface area contributed by atoms with E-state index in [1.54, 1.807) is 0 Å². The van der Waals surface area contributed by atoms with Crippen molar-refractivity contribution >= 4 is 34.9 Å². The SMILES string of the molecule is CCC(C(=O)Nc1ccc(C2NC(=S)N(CC)C(C)=C2C(=O)OCC(C)C)cc1)c1ccccc1. The van der Waals surface area contributed by atoms with Crippen LogP contribution in [0.3, 0.4) is 0 Å². The Morgan fingerprint density at radius 3 is 2.31 bits per heavy atom. The fourth-order valence-electron chi connectivity index (χ4n) is 4.24. The number of amides is 1. The number of rotatable bonds is 9. The fourth-order valence-corrected chi connectivity index (χ4v) is 4.63. The molecule has 2 unspecified atom stereocenters. The van der Waals surface area contributed by atoms with Crippen molar-refractivity contribution in [2.75, 3.05) is 18.5 Å². The number of nitrogens with one attached hydrogen (secondary N) is 2. The molecule has 1 aliphatic heterocycles. The molecule has 0 radical (unpaired) electrons. The molecule has 2 aromatic rings. The average molecular weight is 494 g/mol. The van der Waals surface area contributed by atoms with Crippen molar-refractivity contribution < 1.29 is 14.3 Å². The van der Waals surface area contributed by atoms with Crippen LogP contribution in [-0.2, 0) is 14.3 Å². The van der Waals surface area contributed by atoms with Crippen molar-refractivity contribution in [3.8, 4) is 0 Å². The van der Waals surface area contributed by atoms with Crippen molar-refractivity contribution in [3.05, 3.63) is 77.0 Å². The third-order valence-electron chi connectivity index (χ3n) is 6.12. The lowest BCUT2D eigenvalue weighted by atomic mass is 9.94. The van der Waals surface area contributed by atoms with Crippen molar-refractivity contribution in [2.45, 2.75) is 53.0 Å². The van der Waals surface area contributed by atoms with Crippen LogP contribution in [0.25, 0.3) is 0 Å². The van der Waals surface area contributed by atoms with E-state index >= 15 is 0 Å². The summed E-state index contributed by atoms with van der Waals surface area (Å²) in [6.45, 7) is 10.9. The molecule has 7 heteroatoms. The first-order chi connectivity index (χ1) is 16.8. The molecule has 1 amide bonds. The van der Waals surface area contributed by atoms with Gasteiger partial charge in [0.25, 0.3) is 0 Å². The fraction of sp³-hybridized carbons (Fsp3) is 0.393. The number of anilines is 1. The third kappa shape index (κ3) is 6.28. The minimum atomic E-state index is -0.428. The number of carbonyl (C=O) groups excluding carboxylic acids is 2. The summed E-state index contributed by atoms with van der Waals surface area (Å²) in [6.07, 6.45) is 0.706. The number of ether oxygens (including phenoxy) is 1. The normalized spacial score (nSPS) is 16.7. The minimum Gasteiger partial charge on any atom is -0.462 e. The van der Waals surface area contributed by atoms with E-state index in [0.717, 1.165) is 16.8 Å². The smallest absolute Gasteiger partial charge is 0.338 e. The first kappa shape index (κ1) is 26.4. The Morgan fingerprint density at radius 1 is 1.09 bits per heavy atom. The van der Waals surface area contributed by atoms with E-state index in [-0.39, 0.29) is 23.7 Å². The summed E-state index contributed by atoms with van der Waals surface area (Å²) in [6, 6.07) is 16.9. The van der Waals surface area contributed by atoms with Crippen LogP contribution < -0.4 is 10.6 Å². The Labute approximate surface area is 213 Å². The molecule has 0 saturated heterocycles. The molecule has 0 spiro atoms. The van der Waals surface area contributed by atoms with E-state index < -0.39 is 6.04 Å². The monoisotopic (exact) mass is 493 g/mol. The summed E-state index contributed by atoms with van der Waals surface area (Å²) in [5.41, 5.74) is 3.90. The molecule has 2 N–H and O–H groups in total. The van der Waals surface area contributed by atoms with Crippen molar-refractivity contribution in [1.29, 1.82) is 0 Å². The molecule has 2 aromatic carbocycles. The molecule has 0 bridgehead atoms. The lowest BCUT2D eigenvalue weighted by molar-refractivity contribution is -0.140. The third-order valence-corrected chi connectivity index (χ3v) is 6.46. The van der Waals surface area contributed by atoms with Crippen LogP contribution in [0.2, 0.25) is 0 Å². The van der Waals surface area contributed by atoms with Gasteiger partial charge in [-0.05, 0) is 61.7 Å². The number of hydrogen-bond donors (Lipinski definition) is 2. The highest BCUT2D eigenvalue weighted by molar-refractivity contribution is 7.80. The second-order valence-corrected chi connectivity index (χ2v) is 9.49. The summed E-state index contributed by atoms with van der Waals surface area (Å²) in [4.78, 5) is 27.9. The maximum atomic E-state index is 13.1. The Balaban J connectivity index is 1.83. The van der Waals surface area contributed by atoms with Gasteiger partial charge in [-0.25, -0.2) is 4.79 Å². The van der Waals surface area contributed by atoms with Crippen molar-refractivity contribution in [1.82, 2.24) is 10.2 Å². The molecule has 0 aliphatic carbocycles. The van der Waals surface area contributed by atoms with Gasteiger partial charge in [0.15, 0.2) is 5.11 Å². The van der Waals surface area contributed by atoms with Gasteiger partial charge < -0.3 is 20.3 Å². The highest BCUT2D eigenvalue weighted by Crippen LogP contribution is 2.32. The van der Waals surface area contributed by atoms with Crippen LogP contribution in [0.1, 0.15) is 64.1 Å². The van der Waals surface area contributed by atoms with E-state index in [1.165, 1.54) is 0 Å². The Bertz CT molecular complexity index is 1080. The Kier molecular flexibility index (Phi) is 9.04. The van der Waals surface area contributed by atoms with Crippen molar-refractivity contribution in [2.24, 2.45) is 5.92 Å². The number of thiocarbonyl (C=S) groups is 1. The molecule has 2 atom stereocenters. The first-order valence-corrected chi connectivity index (χ1v) is 12.6. The number of benzene rings is 2. The molecule has 3 rings (SSSR count). The summed E-state index contributed by atoms with van der Waals surface area (Å²) >= 11 is 5.57. The topological polar surface area (TPSA) is 70.7 Å². The highest BCUT2D eigenvalue weighted by Gasteiger charge is 2.34. The summed E-state index contributed by atoms with van der Waals surface area (Å²) in [5, 5.41) is 6.90. The second kappa shape index (κ2) is 12.0. The van der Waals surface area contributed by atoms with Gasteiger partial charge in [-0.15, -0.1) is 0 Å². The summed E-state index contributed by atoms with van der Waals surface area (Å²) < 4.78 is 5.59. The average Bonchev–Trinajstić information content (AvgIpc) is 2.84. The zero-order valence-electron chi connectivity index (χ0n) is 21.1. The maximum absolute atomic E-state index is 13.1. The van der Waals surface area contributed by atoms with Crippen molar-refractivity contribution in [3.63, 3.8) is 0 Å². The van der Waals surface area contributed by atoms with Gasteiger partial charge in [0.2, 0.25) is 5.91 Å². The number of nitrogens with zero attached hydrogens (tertiary/aromatic N) is 1. The molecular formula is C28H35N3O3S. The molecule has 6 nitrogen and oxygen atoms in total. The van der Waals surface area contributed by atoms with Gasteiger partial charge in [-0.3, -0.25) is 4.79 Å². The molecule has 1 heterocycles. The van der Waals surface area contributed by atoms with E-state index in [0.29, 0.717) is 35.9 Å². The quantitative estimate of drug-likeness (QED) is 0.353. The zero-order chi connectivity index (χ0) is 25.5. The van der Waals surface area contributed by atoms with Crippen LogP contribution in [0.15, 0.2) is 65.9 Å². The van der Waals surface area contributed by atoms with Gasteiger partial charge in [-0.1, -0.05) is 63.2 Å². The first-order valence-electron chi connectivity index (χ1n) is 12.2. The Hall–Kier alpha value is -3.19. The molecular weight excluding hydrogens is 458 g/mol. The van der Waals surface area contributed by atoms with Gasteiger partial charge in [0, 0.05) is 17.9 Å². The predicted molar refractivity (Wildman–Crippen MR) is 144 cm³/mol. The van der Waals surface area contributed by atoms with Crippen LogP contribution in [0, 0.1) is 5.92 Å². The van der Waals surface area contributed by atoms with Crippen LogP contribution in [-0.4, -0.2) is 35.0 Å². The minimum absolute atomic E-state index is 0.0456. The number of esters is 1. The van der Waals surface area contributed by atoms with E-state index in [4.69, 9.17) is 17.0 Å². The lowest BCUT2D eigenvalue weighted by Crippen LogP contribution is -2.47. The molecule has 1 aliphatic rings. The van der Waals surface area contributed by atoms with Gasteiger partial charge >= 0.3 is 5.97 Å². The highest BCUT2D eigenvalue weighted by atomic mass is 32.1. The Morgan fingerprint density at radius 2 is 1.74 bits per heavy atom. The predicted octanol–water partition coefficient (Wildman–Crippen LogP) is 5.54. The lowest BCUT2D eigenvalue weighted by Gasteiger charge is -2.37. The summed E-state index contributed by atoms with van der Waals surface area (Å²) in [7, 11) is 0. The molecule has 0 aromatic heterocycles. The maximum Gasteiger partial charge on any atom is 0.338 e. The molecule has 0 fully saturated rings. The van der Waals surface area contributed by atoms with E-state index in [9.17, 15) is 9.59 Å². The largest absolute Gasteiger partial charge is 0.462 e. The van der Waals surface area contributed by atoms with Gasteiger partial charge in [0.1, 0.15) is 0 Å². The number of carbonyl (C=O) groups is 2. The van der Waals surface area contributed by atoms with Crippen LogP contribution in [0.5, 0.6) is 0 Å². The van der Waals surface area contributed by atoms with Crippen LogP contribution in [0.4, 0.5) is 5.69 Å². The summed E-state index contributed by atoms with van der Waals surface area (Å²) in [5.74, 6) is -0.374. The van der Waals surface area contributed by atoms with E-state index in [1.807, 2.05) is 94.1 Å². The number of hydrogen-bond acceptors (Lipinski definition) is 4. The van der Waals surface area contributed by atoms with Gasteiger partial charge in [0.05, 0.1) is 24.1 Å². The molecule has 35 heavy (non-hydrogen) atoms. The second-order valence-electron chi connectivity index (χ2n) is 9.10. The molecule has 186 valence electrons. The van der Waals surface area contributed by atoms with E-state index in [2.05, 4.69) is 10.6 Å². The zero-order valence-corrected chi connectivity index (χ0v) is 21.9. The van der Waals surface area contributed by atoms with Gasteiger partial charge in [-0.2, -0.15) is 0 Å². The standard InChI is InChI=1S/C28H35N3O3S/c1-6-23(20-11-9-8-10-12-20)26(32)29-22-15-13-21(14-16-22)25-24(27(33)34-17-18(3)4)19(5)31(7-2)28(35)30-25/h8-16,18,23,25H,6-7,17H2,1-5H3,(H,29,32)(H,30,35).